The number of hydrogen-bond donors (Lipinski definition) is 1. The minimum absolute atomic E-state index is 0.124. The van der Waals surface area contributed by atoms with Crippen LogP contribution in [-0.4, -0.2) is 19.9 Å². The van der Waals surface area contributed by atoms with Crippen LogP contribution in [0.2, 0.25) is 0 Å². The van der Waals surface area contributed by atoms with Gasteiger partial charge < -0.3 is 14.8 Å². The van der Waals surface area contributed by atoms with E-state index in [0.29, 0.717) is 5.75 Å². The molecule has 0 saturated carbocycles. The maximum atomic E-state index is 14.0. The van der Waals surface area contributed by atoms with E-state index in [0.717, 1.165) is 25.1 Å². The fourth-order valence-electron chi connectivity index (χ4n) is 2.19. The molecule has 2 aliphatic rings. The van der Waals surface area contributed by atoms with Gasteiger partial charge in [0.25, 0.3) is 0 Å². The van der Waals surface area contributed by atoms with Crippen LogP contribution in [0, 0.1) is 5.82 Å². The predicted octanol–water partition coefficient (Wildman–Crippen LogP) is 1.63. The molecule has 80 valence electrons. The molecule has 1 unspecified atom stereocenters. The van der Waals surface area contributed by atoms with Gasteiger partial charge in [-0.15, -0.1) is 0 Å². The monoisotopic (exact) mass is 209 g/mol. The van der Waals surface area contributed by atoms with Crippen molar-refractivity contribution in [3.8, 4) is 11.5 Å². The van der Waals surface area contributed by atoms with Gasteiger partial charge in [-0.05, 0) is 24.6 Å². The lowest BCUT2D eigenvalue weighted by Crippen LogP contribution is -2.09. The summed E-state index contributed by atoms with van der Waals surface area (Å²) < 4.78 is 24.2. The minimum atomic E-state index is -0.251. The molecule has 2 heterocycles. The number of hydrogen-bond acceptors (Lipinski definition) is 3. The molecule has 0 amide bonds. The molecule has 0 aromatic heterocycles. The Kier molecular flexibility index (Phi) is 2.02. The predicted molar refractivity (Wildman–Crippen MR) is 52.8 cm³/mol. The van der Waals surface area contributed by atoms with Gasteiger partial charge in [-0.2, -0.15) is 0 Å². The van der Waals surface area contributed by atoms with Crippen molar-refractivity contribution in [1.29, 1.82) is 0 Å². The Hall–Kier alpha value is -1.29. The Bertz CT molecular complexity index is 388. The molecule has 1 N–H and O–H groups in total. The topological polar surface area (TPSA) is 30.5 Å². The van der Waals surface area contributed by atoms with Crippen molar-refractivity contribution < 1.29 is 13.9 Å². The van der Waals surface area contributed by atoms with Gasteiger partial charge in [0, 0.05) is 12.5 Å². The largest absolute Gasteiger partial charge is 0.453 e. The summed E-state index contributed by atoms with van der Waals surface area (Å²) in [5.74, 6) is 0.805. The van der Waals surface area contributed by atoms with Crippen LogP contribution in [0.15, 0.2) is 12.1 Å². The van der Waals surface area contributed by atoms with Crippen molar-refractivity contribution in [1.82, 2.24) is 5.32 Å². The first kappa shape index (κ1) is 8.97. The van der Waals surface area contributed by atoms with Crippen LogP contribution in [0.4, 0.5) is 4.39 Å². The van der Waals surface area contributed by atoms with Gasteiger partial charge in [-0.3, -0.25) is 0 Å². The molecule has 1 saturated heterocycles. The zero-order valence-electron chi connectivity index (χ0n) is 8.25. The quantitative estimate of drug-likeness (QED) is 0.762. The van der Waals surface area contributed by atoms with Crippen LogP contribution in [-0.2, 0) is 0 Å². The van der Waals surface area contributed by atoms with E-state index < -0.39 is 0 Å². The molecule has 3 rings (SSSR count). The average molecular weight is 209 g/mol. The molecule has 3 nitrogen and oxygen atoms in total. The molecule has 15 heavy (non-hydrogen) atoms. The van der Waals surface area contributed by atoms with Gasteiger partial charge in [-0.25, -0.2) is 4.39 Å². The molecule has 1 aromatic carbocycles. The molecule has 1 aromatic rings. The van der Waals surface area contributed by atoms with Crippen LogP contribution in [0.1, 0.15) is 17.9 Å². The highest BCUT2D eigenvalue weighted by molar-refractivity contribution is 5.47. The second-order valence-electron chi connectivity index (χ2n) is 3.89. The van der Waals surface area contributed by atoms with E-state index in [2.05, 4.69) is 5.32 Å². The molecule has 0 spiro atoms. The fraction of sp³-hybridized carbons (Fsp3) is 0.455. The van der Waals surface area contributed by atoms with Crippen LogP contribution in [0.5, 0.6) is 11.5 Å². The maximum Gasteiger partial charge on any atom is 0.231 e. The fourth-order valence-corrected chi connectivity index (χ4v) is 2.19. The zero-order chi connectivity index (χ0) is 10.3. The van der Waals surface area contributed by atoms with Crippen molar-refractivity contribution in [2.24, 2.45) is 0 Å². The first-order chi connectivity index (χ1) is 7.36. The van der Waals surface area contributed by atoms with Crippen molar-refractivity contribution in [2.75, 3.05) is 19.9 Å². The first-order valence-corrected chi connectivity index (χ1v) is 5.15. The van der Waals surface area contributed by atoms with E-state index in [1.807, 2.05) is 0 Å². The highest BCUT2D eigenvalue weighted by Crippen LogP contribution is 2.39. The number of halogens is 1. The summed E-state index contributed by atoms with van der Waals surface area (Å²) in [4.78, 5) is 0. The second-order valence-corrected chi connectivity index (χ2v) is 3.89. The number of nitrogens with one attached hydrogen (secondary N) is 1. The minimum Gasteiger partial charge on any atom is -0.453 e. The zero-order valence-corrected chi connectivity index (χ0v) is 8.25. The summed E-state index contributed by atoms with van der Waals surface area (Å²) in [6, 6.07) is 3.60. The van der Waals surface area contributed by atoms with E-state index in [1.165, 1.54) is 0 Å². The van der Waals surface area contributed by atoms with E-state index in [9.17, 15) is 4.39 Å². The van der Waals surface area contributed by atoms with Gasteiger partial charge in [0.05, 0.1) is 0 Å². The molecule has 1 fully saturated rings. The smallest absolute Gasteiger partial charge is 0.231 e. The summed E-state index contributed by atoms with van der Waals surface area (Å²) >= 11 is 0. The third-order valence-electron chi connectivity index (χ3n) is 3.01. The second kappa shape index (κ2) is 3.38. The Morgan fingerprint density at radius 2 is 2.27 bits per heavy atom. The average Bonchev–Trinajstić information content (AvgIpc) is 2.87. The highest BCUT2D eigenvalue weighted by Gasteiger charge is 2.26. The lowest BCUT2D eigenvalue weighted by Gasteiger charge is -2.11. The maximum absolute atomic E-state index is 14.0. The van der Waals surface area contributed by atoms with Gasteiger partial charge in [0.15, 0.2) is 11.6 Å². The molecule has 1 atom stereocenters. The molecular weight excluding hydrogens is 197 g/mol. The van der Waals surface area contributed by atoms with Crippen molar-refractivity contribution in [3.63, 3.8) is 0 Å². The molecule has 0 radical (unpaired) electrons. The molecule has 0 aliphatic carbocycles. The van der Waals surface area contributed by atoms with Gasteiger partial charge in [-0.1, -0.05) is 6.07 Å². The normalized spacial score (nSPS) is 23.4. The summed E-state index contributed by atoms with van der Waals surface area (Å²) in [5, 5.41) is 3.23. The van der Waals surface area contributed by atoms with Crippen LogP contribution >= 0.6 is 0 Å². The lowest BCUT2D eigenvalue weighted by molar-refractivity contribution is 0.170. The lowest BCUT2D eigenvalue weighted by atomic mass is 9.97. The number of ether oxygens (including phenoxy) is 2. The summed E-state index contributed by atoms with van der Waals surface area (Å²) in [6.07, 6.45) is 0.983. The van der Waals surface area contributed by atoms with Gasteiger partial charge in [0.2, 0.25) is 12.5 Å². The Morgan fingerprint density at radius 3 is 3.07 bits per heavy atom. The van der Waals surface area contributed by atoms with E-state index in [4.69, 9.17) is 9.47 Å². The first-order valence-electron chi connectivity index (χ1n) is 5.15. The van der Waals surface area contributed by atoms with Crippen molar-refractivity contribution >= 4 is 0 Å². The summed E-state index contributed by atoms with van der Waals surface area (Å²) in [7, 11) is 0. The number of rotatable bonds is 1. The van der Waals surface area contributed by atoms with E-state index >= 15 is 0 Å². The third-order valence-corrected chi connectivity index (χ3v) is 3.01. The van der Waals surface area contributed by atoms with Gasteiger partial charge in [0.1, 0.15) is 0 Å². The van der Waals surface area contributed by atoms with Gasteiger partial charge >= 0.3 is 0 Å². The molecule has 2 aliphatic heterocycles. The summed E-state index contributed by atoms with van der Waals surface area (Å²) in [6.45, 7) is 1.92. The molecule has 4 heteroatoms. The van der Waals surface area contributed by atoms with Crippen LogP contribution in [0.3, 0.4) is 0 Å². The summed E-state index contributed by atoms with van der Waals surface area (Å²) in [5.41, 5.74) is 0.740. The van der Waals surface area contributed by atoms with Crippen molar-refractivity contribution in [3.05, 3.63) is 23.5 Å². The SMILES string of the molecule is Fc1c(C2CCNC2)ccc2c1OCO2. The Morgan fingerprint density at radius 1 is 1.33 bits per heavy atom. The van der Waals surface area contributed by atoms with Crippen LogP contribution in [0.25, 0.3) is 0 Å². The Labute approximate surface area is 87.2 Å². The third kappa shape index (κ3) is 1.36. The van der Waals surface area contributed by atoms with E-state index in [-0.39, 0.29) is 24.3 Å². The van der Waals surface area contributed by atoms with Crippen LogP contribution < -0.4 is 14.8 Å². The van der Waals surface area contributed by atoms with E-state index in [1.54, 1.807) is 12.1 Å². The Balaban J connectivity index is 2.01. The highest BCUT2D eigenvalue weighted by atomic mass is 19.1. The molecule has 0 bridgehead atoms. The molecular formula is C11H12FNO2. The van der Waals surface area contributed by atoms with Crippen molar-refractivity contribution in [2.45, 2.75) is 12.3 Å². The standard InChI is InChI=1S/C11H12FNO2/c12-10-8(7-3-4-13-5-7)1-2-9-11(10)15-6-14-9/h1-2,7,13H,3-6H2. The number of fused-ring (bicyclic) bond motifs is 1. The number of benzene rings is 1.